The van der Waals surface area contributed by atoms with Crippen LogP contribution in [0.25, 0.3) is 83.7 Å². The van der Waals surface area contributed by atoms with Crippen LogP contribution in [0.15, 0.2) is 176 Å². The summed E-state index contributed by atoms with van der Waals surface area (Å²) < 4.78 is 6.91. The number of rotatable bonds is 5. The third kappa shape index (κ3) is 4.33. The van der Waals surface area contributed by atoms with Gasteiger partial charge in [-0.1, -0.05) is 97.1 Å². The van der Waals surface area contributed by atoms with E-state index in [1.807, 2.05) is 0 Å². The normalized spacial score (nSPS) is 11.7. The summed E-state index contributed by atoms with van der Waals surface area (Å²) in [6, 6.07) is 61.8. The number of fused-ring (bicyclic) bond motifs is 5. The molecule has 49 heavy (non-hydrogen) atoms. The highest BCUT2D eigenvalue weighted by molar-refractivity contribution is 6.09. The Labute approximate surface area is 282 Å². The summed E-state index contributed by atoms with van der Waals surface area (Å²) in [5.74, 6) is 1.75. The van der Waals surface area contributed by atoms with Crippen molar-refractivity contribution in [2.24, 2.45) is 0 Å². The maximum Gasteiger partial charge on any atom is 0.145 e. The van der Waals surface area contributed by atoms with Gasteiger partial charge in [-0.3, -0.25) is 9.13 Å². The topological polar surface area (TPSA) is 40.6 Å². The Bertz CT molecular complexity index is 2630. The molecule has 0 atom stereocenters. The molecule has 230 valence electrons. The van der Waals surface area contributed by atoms with Crippen molar-refractivity contribution in [1.29, 1.82) is 0 Å². The summed E-state index contributed by atoms with van der Waals surface area (Å²) in [5.41, 5.74) is 11.5. The van der Waals surface area contributed by atoms with Crippen LogP contribution in [0.2, 0.25) is 0 Å². The van der Waals surface area contributed by atoms with E-state index < -0.39 is 0 Å². The van der Waals surface area contributed by atoms with Crippen molar-refractivity contribution >= 4 is 43.9 Å². The summed E-state index contributed by atoms with van der Waals surface area (Å²) in [7, 11) is 0. The van der Waals surface area contributed by atoms with E-state index in [0.29, 0.717) is 0 Å². The van der Waals surface area contributed by atoms with E-state index in [9.17, 15) is 0 Å². The van der Waals surface area contributed by atoms with Crippen LogP contribution < -0.4 is 0 Å². The summed E-state index contributed by atoms with van der Waals surface area (Å²) >= 11 is 0. The van der Waals surface area contributed by atoms with Crippen molar-refractivity contribution in [3.8, 4) is 39.8 Å². The largest absolute Gasteiger partial charge is 0.309 e. The number of hydrogen-bond acceptors (Lipinski definition) is 2. The molecule has 0 saturated heterocycles. The highest BCUT2D eigenvalue weighted by atomic mass is 15.1. The molecule has 3 aromatic heterocycles. The molecule has 0 radical (unpaired) electrons. The Kier molecular flexibility index (Phi) is 6.11. The van der Waals surface area contributed by atoms with Gasteiger partial charge in [-0.2, -0.15) is 0 Å². The van der Waals surface area contributed by atoms with Crippen LogP contribution >= 0.6 is 0 Å². The number of nitrogens with zero attached hydrogens (tertiary/aromatic N) is 5. The molecule has 0 bridgehead atoms. The van der Waals surface area contributed by atoms with Crippen LogP contribution in [0.1, 0.15) is 0 Å². The Morgan fingerprint density at radius 3 is 1.16 bits per heavy atom. The van der Waals surface area contributed by atoms with Gasteiger partial charge in [-0.05, 0) is 78.9 Å². The number of hydrogen-bond donors (Lipinski definition) is 0. The van der Waals surface area contributed by atoms with E-state index in [4.69, 9.17) is 9.97 Å². The molecule has 0 N–H and O–H groups in total. The van der Waals surface area contributed by atoms with Crippen LogP contribution in [0.3, 0.4) is 0 Å². The summed E-state index contributed by atoms with van der Waals surface area (Å²) in [6.07, 6.45) is 0. The molecular formula is C44H29N5. The second-order valence-corrected chi connectivity index (χ2v) is 12.3. The predicted octanol–water partition coefficient (Wildman–Crippen LogP) is 10.8. The first-order valence-corrected chi connectivity index (χ1v) is 16.5. The van der Waals surface area contributed by atoms with Gasteiger partial charge in [0.05, 0.1) is 33.1 Å². The van der Waals surface area contributed by atoms with Gasteiger partial charge in [0.2, 0.25) is 0 Å². The van der Waals surface area contributed by atoms with Crippen molar-refractivity contribution < 1.29 is 0 Å². The molecule has 0 unspecified atom stereocenters. The number of para-hydroxylation sites is 8. The lowest BCUT2D eigenvalue weighted by Gasteiger charge is -2.16. The van der Waals surface area contributed by atoms with Gasteiger partial charge in [0.25, 0.3) is 0 Å². The number of benzene rings is 7. The average molecular weight is 628 g/mol. The standard InChI is InChI=1S/C44H29N5/c1-3-15-32(16-4-1)48-41-25-13-9-21-37(41)45-43(48)30-27-31(44-46-38-22-10-14-26-42(38)49(44)33-17-5-2-6-18-33)29-34(28-30)47-39-23-11-7-19-35(39)36-20-8-12-24-40(36)47/h1-29H. The Balaban J connectivity index is 1.33. The van der Waals surface area contributed by atoms with Crippen LogP contribution in [0.4, 0.5) is 0 Å². The minimum Gasteiger partial charge on any atom is -0.309 e. The van der Waals surface area contributed by atoms with E-state index in [2.05, 4.69) is 190 Å². The van der Waals surface area contributed by atoms with Gasteiger partial charge < -0.3 is 4.57 Å². The van der Waals surface area contributed by atoms with E-state index in [1.54, 1.807) is 0 Å². The van der Waals surface area contributed by atoms with E-state index in [0.717, 1.165) is 72.9 Å². The zero-order chi connectivity index (χ0) is 32.3. The summed E-state index contributed by atoms with van der Waals surface area (Å²) in [5, 5.41) is 2.44. The highest BCUT2D eigenvalue weighted by Gasteiger charge is 2.21. The molecule has 0 spiro atoms. The lowest BCUT2D eigenvalue weighted by Crippen LogP contribution is -2.02. The lowest BCUT2D eigenvalue weighted by molar-refractivity contribution is 1.09. The lowest BCUT2D eigenvalue weighted by atomic mass is 10.1. The molecule has 0 aliphatic carbocycles. The van der Waals surface area contributed by atoms with E-state index >= 15 is 0 Å². The third-order valence-electron chi connectivity index (χ3n) is 9.42. The van der Waals surface area contributed by atoms with Crippen LogP contribution in [-0.2, 0) is 0 Å². The number of imidazole rings is 2. The molecule has 5 heteroatoms. The molecule has 5 nitrogen and oxygen atoms in total. The molecule has 0 aliphatic rings. The predicted molar refractivity (Wildman–Crippen MR) is 201 cm³/mol. The van der Waals surface area contributed by atoms with E-state index in [-0.39, 0.29) is 0 Å². The van der Waals surface area contributed by atoms with Crippen molar-refractivity contribution in [2.45, 2.75) is 0 Å². The highest BCUT2D eigenvalue weighted by Crippen LogP contribution is 2.38. The Hall–Kier alpha value is -6.72. The van der Waals surface area contributed by atoms with Crippen LogP contribution in [0.5, 0.6) is 0 Å². The third-order valence-corrected chi connectivity index (χ3v) is 9.42. The van der Waals surface area contributed by atoms with Gasteiger partial charge >= 0.3 is 0 Å². The fourth-order valence-electron chi connectivity index (χ4n) is 7.32. The molecule has 0 aliphatic heterocycles. The Morgan fingerprint density at radius 2 is 0.694 bits per heavy atom. The SMILES string of the molecule is c1ccc(-n2c(-c3cc(-c4nc5ccccc5n4-c4ccccc4)cc(-n4c5ccccc5c5ccccc54)c3)nc3ccccc32)cc1. The maximum atomic E-state index is 5.29. The monoisotopic (exact) mass is 627 g/mol. The zero-order valence-electron chi connectivity index (χ0n) is 26.5. The second-order valence-electron chi connectivity index (χ2n) is 12.3. The fourth-order valence-corrected chi connectivity index (χ4v) is 7.32. The van der Waals surface area contributed by atoms with Crippen molar-refractivity contribution in [3.05, 3.63) is 176 Å². The zero-order valence-corrected chi connectivity index (χ0v) is 26.5. The molecule has 10 aromatic rings. The minimum atomic E-state index is 0.874. The molecular weight excluding hydrogens is 599 g/mol. The van der Waals surface area contributed by atoms with Crippen LogP contribution in [0, 0.1) is 0 Å². The molecule has 3 heterocycles. The second kappa shape index (κ2) is 10.9. The number of aromatic nitrogens is 5. The van der Waals surface area contributed by atoms with Gasteiger partial charge in [0.15, 0.2) is 0 Å². The van der Waals surface area contributed by atoms with Crippen molar-refractivity contribution in [3.63, 3.8) is 0 Å². The van der Waals surface area contributed by atoms with Gasteiger partial charge in [-0.15, -0.1) is 0 Å². The molecule has 10 rings (SSSR count). The average Bonchev–Trinajstić information content (AvgIpc) is 3.86. The van der Waals surface area contributed by atoms with E-state index in [1.165, 1.54) is 10.8 Å². The molecule has 7 aromatic carbocycles. The molecule has 0 saturated carbocycles. The summed E-state index contributed by atoms with van der Waals surface area (Å²) in [4.78, 5) is 10.6. The van der Waals surface area contributed by atoms with Gasteiger partial charge in [-0.25, -0.2) is 9.97 Å². The first-order valence-electron chi connectivity index (χ1n) is 16.5. The summed E-state index contributed by atoms with van der Waals surface area (Å²) in [6.45, 7) is 0. The first-order chi connectivity index (χ1) is 24.3. The fraction of sp³-hybridized carbons (Fsp3) is 0. The van der Waals surface area contributed by atoms with Gasteiger partial charge in [0, 0.05) is 39.0 Å². The smallest absolute Gasteiger partial charge is 0.145 e. The quantitative estimate of drug-likeness (QED) is 0.190. The minimum absolute atomic E-state index is 0.874. The Morgan fingerprint density at radius 1 is 0.306 bits per heavy atom. The first kappa shape index (κ1) is 27.4. The van der Waals surface area contributed by atoms with Crippen LogP contribution in [-0.4, -0.2) is 23.7 Å². The maximum absolute atomic E-state index is 5.29. The molecule has 0 fully saturated rings. The van der Waals surface area contributed by atoms with Gasteiger partial charge in [0.1, 0.15) is 11.6 Å². The molecule has 0 amide bonds. The van der Waals surface area contributed by atoms with Crippen molar-refractivity contribution in [2.75, 3.05) is 0 Å². The van der Waals surface area contributed by atoms with Crippen molar-refractivity contribution in [1.82, 2.24) is 23.7 Å².